The smallest absolute Gasteiger partial charge is 0.349 e. The predicted molar refractivity (Wildman–Crippen MR) is 117 cm³/mol. The lowest BCUT2D eigenvalue weighted by Crippen LogP contribution is -2.18. The van der Waals surface area contributed by atoms with Crippen LogP contribution in [0.15, 0.2) is 65.1 Å². The van der Waals surface area contributed by atoms with Crippen molar-refractivity contribution < 1.29 is 28.5 Å². The fourth-order valence-corrected chi connectivity index (χ4v) is 3.33. The van der Waals surface area contributed by atoms with Gasteiger partial charge in [-0.3, -0.25) is 0 Å². The number of halogens is 1. The van der Waals surface area contributed by atoms with Crippen molar-refractivity contribution in [3.05, 3.63) is 70.7 Å². The lowest BCUT2D eigenvalue weighted by molar-refractivity contribution is -0.137. The van der Waals surface area contributed by atoms with Crippen molar-refractivity contribution in [3.8, 4) is 17.2 Å². The van der Waals surface area contributed by atoms with Crippen LogP contribution < -0.4 is 14.2 Å². The van der Waals surface area contributed by atoms with Gasteiger partial charge in [0.15, 0.2) is 18.1 Å². The Morgan fingerprint density at radius 2 is 1.73 bits per heavy atom. The second kappa shape index (κ2) is 9.93. The van der Waals surface area contributed by atoms with E-state index in [4.69, 9.17) is 14.2 Å². The van der Waals surface area contributed by atoms with Gasteiger partial charge >= 0.3 is 11.9 Å². The quantitative estimate of drug-likeness (QED) is 0.281. The molecule has 3 aromatic rings. The number of ether oxygens (including phenoxy) is 4. The average molecular weight is 471 g/mol. The van der Waals surface area contributed by atoms with Crippen LogP contribution in [0.2, 0.25) is 0 Å². The highest BCUT2D eigenvalue weighted by atomic mass is 79.9. The van der Waals surface area contributed by atoms with E-state index in [1.54, 1.807) is 30.3 Å². The minimum atomic E-state index is -0.578. The summed E-state index contributed by atoms with van der Waals surface area (Å²) in [5.74, 6) is 0.0924. The van der Waals surface area contributed by atoms with Gasteiger partial charge in [0.25, 0.3) is 0 Å². The zero-order chi connectivity index (χ0) is 21.5. The van der Waals surface area contributed by atoms with Crippen LogP contribution >= 0.6 is 15.9 Å². The minimum Gasteiger partial charge on any atom is -0.493 e. The molecule has 0 saturated carbocycles. The summed E-state index contributed by atoms with van der Waals surface area (Å²) >= 11 is 3.52. The molecule has 0 fully saturated rings. The standard InChI is InChI=1S/C23H19BrO6/c1-27-20-13-15(8-12-21(25)28-2)7-10-18(20)30-22(26)14-29-19-11-9-16-5-3-4-6-17(16)23(19)24/h3-13H,14H2,1-2H3/b12-8+. The maximum atomic E-state index is 12.3. The SMILES string of the molecule is COC(=O)/C=C/c1ccc(OC(=O)COc2ccc3ccccc3c2Br)c(OC)c1. The Hall–Kier alpha value is -3.32. The Kier molecular flexibility index (Phi) is 7.08. The second-order valence-corrected chi connectivity index (χ2v) is 6.92. The summed E-state index contributed by atoms with van der Waals surface area (Å²) in [5, 5.41) is 2.05. The Morgan fingerprint density at radius 3 is 2.50 bits per heavy atom. The number of esters is 2. The van der Waals surface area contributed by atoms with E-state index in [1.165, 1.54) is 20.3 Å². The zero-order valence-corrected chi connectivity index (χ0v) is 18.0. The number of hydrogen-bond acceptors (Lipinski definition) is 6. The van der Waals surface area contributed by atoms with Crippen molar-refractivity contribution in [3.63, 3.8) is 0 Å². The molecule has 0 N–H and O–H groups in total. The van der Waals surface area contributed by atoms with E-state index in [2.05, 4.69) is 20.7 Å². The van der Waals surface area contributed by atoms with Gasteiger partial charge in [-0.1, -0.05) is 36.4 Å². The number of hydrogen-bond donors (Lipinski definition) is 0. The third kappa shape index (κ3) is 5.18. The van der Waals surface area contributed by atoms with Gasteiger partial charge in [0, 0.05) is 6.08 Å². The Morgan fingerprint density at radius 1 is 0.967 bits per heavy atom. The van der Waals surface area contributed by atoms with E-state index in [0.717, 1.165) is 15.2 Å². The highest BCUT2D eigenvalue weighted by Gasteiger charge is 2.13. The van der Waals surface area contributed by atoms with Gasteiger partial charge in [-0.15, -0.1) is 0 Å². The molecule has 7 heteroatoms. The Balaban J connectivity index is 1.67. The van der Waals surface area contributed by atoms with Crippen LogP contribution in [-0.4, -0.2) is 32.8 Å². The number of rotatable bonds is 7. The van der Waals surface area contributed by atoms with E-state index < -0.39 is 11.9 Å². The summed E-state index contributed by atoms with van der Waals surface area (Å²) in [6.45, 7) is -0.274. The largest absolute Gasteiger partial charge is 0.493 e. The van der Waals surface area contributed by atoms with E-state index >= 15 is 0 Å². The van der Waals surface area contributed by atoms with Crippen molar-refractivity contribution in [2.24, 2.45) is 0 Å². The van der Waals surface area contributed by atoms with Crippen molar-refractivity contribution in [1.82, 2.24) is 0 Å². The monoisotopic (exact) mass is 470 g/mol. The number of carbonyl (C=O) groups excluding carboxylic acids is 2. The minimum absolute atomic E-state index is 0.249. The molecule has 154 valence electrons. The van der Waals surface area contributed by atoms with Crippen LogP contribution in [0, 0.1) is 0 Å². The lowest BCUT2D eigenvalue weighted by Gasteiger charge is -2.12. The van der Waals surface area contributed by atoms with E-state index in [-0.39, 0.29) is 12.4 Å². The van der Waals surface area contributed by atoms with Crippen LogP contribution in [0.25, 0.3) is 16.8 Å². The van der Waals surface area contributed by atoms with E-state index in [1.807, 2.05) is 30.3 Å². The van der Waals surface area contributed by atoms with E-state index in [9.17, 15) is 9.59 Å². The highest BCUT2D eigenvalue weighted by Crippen LogP contribution is 2.33. The molecular formula is C23H19BrO6. The first-order valence-electron chi connectivity index (χ1n) is 8.96. The molecule has 0 bridgehead atoms. The molecule has 3 aromatic carbocycles. The molecule has 0 aromatic heterocycles. The van der Waals surface area contributed by atoms with Gasteiger partial charge in [0.2, 0.25) is 0 Å². The number of fused-ring (bicyclic) bond motifs is 1. The third-order valence-corrected chi connectivity index (χ3v) is 5.02. The molecule has 0 aliphatic rings. The molecule has 6 nitrogen and oxygen atoms in total. The highest BCUT2D eigenvalue weighted by molar-refractivity contribution is 9.10. The number of methoxy groups -OCH3 is 2. The molecule has 0 aliphatic carbocycles. The maximum absolute atomic E-state index is 12.3. The summed E-state index contributed by atoms with van der Waals surface area (Å²) in [7, 11) is 2.76. The molecule has 0 saturated heterocycles. The summed E-state index contributed by atoms with van der Waals surface area (Å²) in [6.07, 6.45) is 2.86. The number of benzene rings is 3. The van der Waals surface area contributed by atoms with Crippen LogP contribution in [0.1, 0.15) is 5.56 Å². The van der Waals surface area contributed by atoms with Crippen molar-refractivity contribution in [1.29, 1.82) is 0 Å². The molecule has 30 heavy (non-hydrogen) atoms. The topological polar surface area (TPSA) is 71.1 Å². The van der Waals surface area contributed by atoms with Gasteiger partial charge in [0.1, 0.15) is 5.75 Å². The fraction of sp³-hybridized carbons (Fsp3) is 0.130. The number of carbonyl (C=O) groups is 2. The van der Waals surface area contributed by atoms with Crippen molar-refractivity contribution in [2.45, 2.75) is 0 Å². The van der Waals surface area contributed by atoms with Crippen LogP contribution in [0.4, 0.5) is 0 Å². The maximum Gasteiger partial charge on any atom is 0.349 e. The Labute approximate surface area is 182 Å². The van der Waals surface area contributed by atoms with Crippen LogP contribution in [-0.2, 0) is 14.3 Å². The predicted octanol–water partition coefficient (Wildman–Crippen LogP) is 4.78. The Bertz CT molecular complexity index is 1110. The third-order valence-electron chi connectivity index (χ3n) is 4.20. The summed E-state index contributed by atoms with van der Waals surface area (Å²) in [5.41, 5.74) is 0.688. The average Bonchev–Trinajstić information content (AvgIpc) is 2.77. The van der Waals surface area contributed by atoms with Crippen molar-refractivity contribution >= 4 is 44.7 Å². The molecule has 3 rings (SSSR count). The molecule has 0 spiro atoms. The second-order valence-electron chi connectivity index (χ2n) is 6.13. The molecule has 0 radical (unpaired) electrons. The van der Waals surface area contributed by atoms with Gasteiger partial charge in [-0.2, -0.15) is 0 Å². The lowest BCUT2D eigenvalue weighted by atomic mass is 10.1. The van der Waals surface area contributed by atoms with E-state index in [0.29, 0.717) is 17.1 Å². The molecule has 0 atom stereocenters. The van der Waals surface area contributed by atoms with Gasteiger partial charge in [-0.25, -0.2) is 9.59 Å². The zero-order valence-electron chi connectivity index (χ0n) is 16.4. The van der Waals surface area contributed by atoms with Crippen LogP contribution in [0.5, 0.6) is 17.2 Å². The molecule has 0 heterocycles. The van der Waals surface area contributed by atoms with Gasteiger partial charge < -0.3 is 18.9 Å². The molecule has 0 amide bonds. The van der Waals surface area contributed by atoms with Gasteiger partial charge in [-0.05, 0) is 56.5 Å². The van der Waals surface area contributed by atoms with Crippen molar-refractivity contribution in [2.75, 3.05) is 20.8 Å². The molecule has 0 unspecified atom stereocenters. The summed E-state index contributed by atoms with van der Waals surface area (Å²) in [4.78, 5) is 23.5. The first-order valence-corrected chi connectivity index (χ1v) is 9.76. The first-order chi connectivity index (χ1) is 14.5. The summed E-state index contributed by atoms with van der Waals surface area (Å²) in [6, 6.07) is 16.5. The summed E-state index contributed by atoms with van der Waals surface area (Å²) < 4.78 is 21.6. The first kappa shape index (κ1) is 21.4. The molecule has 0 aliphatic heterocycles. The molecular weight excluding hydrogens is 452 g/mol. The van der Waals surface area contributed by atoms with Crippen LogP contribution in [0.3, 0.4) is 0 Å². The van der Waals surface area contributed by atoms with Gasteiger partial charge in [0.05, 0.1) is 18.7 Å². The fourth-order valence-electron chi connectivity index (χ4n) is 2.72. The normalized spacial score (nSPS) is 10.8.